The minimum atomic E-state index is 0.586. The van der Waals surface area contributed by atoms with E-state index in [4.69, 9.17) is 0 Å². The van der Waals surface area contributed by atoms with Gasteiger partial charge in [0.1, 0.15) is 5.69 Å². The molecule has 0 bridgehead atoms. The molecule has 0 amide bonds. The SMILES string of the molecule is O=Cc1csc(CC2CCCS2)n1. The van der Waals surface area contributed by atoms with E-state index in [1.54, 1.807) is 11.3 Å². The first-order chi connectivity index (χ1) is 6.38. The highest BCUT2D eigenvalue weighted by atomic mass is 32.2. The normalized spacial score (nSPS) is 22.0. The van der Waals surface area contributed by atoms with Crippen molar-refractivity contribution in [3.05, 3.63) is 16.1 Å². The maximum Gasteiger partial charge on any atom is 0.169 e. The minimum Gasteiger partial charge on any atom is -0.296 e. The van der Waals surface area contributed by atoms with Gasteiger partial charge in [0, 0.05) is 17.1 Å². The summed E-state index contributed by atoms with van der Waals surface area (Å²) in [5, 5.41) is 3.69. The molecule has 2 heterocycles. The Morgan fingerprint density at radius 1 is 1.69 bits per heavy atom. The molecule has 1 aliphatic rings. The molecule has 0 saturated carbocycles. The summed E-state index contributed by atoms with van der Waals surface area (Å²) >= 11 is 3.64. The van der Waals surface area contributed by atoms with Crippen LogP contribution in [0.4, 0.5) is 0 Å². The summed E-state index contributed by atoms with van der Waals surface area (Å²) in [6.45, 7) is 0. The van der Waals surface area contributed by atoms with Crippen molar-refractivity contribution in [3.8, 4) is 0 Å². The quantitative estimate of drug-likeness (QED) is 0.722. The van der Waals surface area contributed by atoms with Crippen LogP contribution in [-0.2, 0) is 6.42 Å². The predicted molar refractivity (Wildman–Crippen MR) is 56.7 cm³/mol. The summed E-state index contributed by atoms with van der Waals surface area (Å²) in [5.74, 6) is 1.29. The number of carbonyl (C=O) groups is 1. The molecular weight excluding hydrogens is 202 g/mol. The van der Waals surface area contributed by atoms with Gasteiger partial charge in [0.05, 0.1) is 5.01 Å². The second-order valence-corrected chi connectivity index (χ2v) is 5.47. The van der Waals surface area contributed by atoms with Crippen LogP contribution < -0.4 is 0 Å². The maximum atomic E-state index is 10.4. The molecule has 0 radical (unpaired) electrons. The van der Waals surface area contributed by atoms with Gasteiger partial charge in [-0.05, 0) is 18.6 Å². The number of nitrogens with zero attached hydrogens (tertiary/aromatic N) is 1. The first-order valence-corrected chi connectivity index (χ1v) is 6.32. The van der Waals surface area contributed by atoms with Crippen LogP contribution in [-0.4, -0.2) is 22.3 Å². The molecule has 70 valence electrons. The van der Waals surface area contributed by atoms with Gasteiger partial charge in [0.15, 0.2) is 6.29 Å². The highest BCUT2D eigenvalue weighted by molar-refractivity contribution is 8.00. The van der Waals surface area contributed by atoms with Gasteiger partial charge in [-0.3, -0.25) is 4.79 Å². The summed E-state index contributed by atoms with van der Waals surface area (Å²) in [4.78, 5) is 14.6. The minimum absolute atomic E-state index is 0.586. The van der Waals surface area contributed by atoms with Crippen LogP contribution in [0.15, 0.2) is 5.38 Å². The van der Waals surface area contributed by atoms with Crippen molar-refractivity contribution < 1.29 is 4.79 Å². The van der Waals surface area contributed by atoms with Crippen molar-refractivity contribution in [2.24, 2.45) is 0 Å². The summed E-state index contributed by atoms with van der Waals surface area (Å²) in [6, 6.07) is 0. The lowest BCUT2D eigenvalue weighted by Crippen LogP contribution is -2.01. The molecule has 13 heavy (non-hydrogen) atoms. The Labute approximate surface area is 85.8 Å². The Hall–Kier alpha value is -0.350. The van der Waals surface area contributed by atoms with E-state index in [0.717, 1.165) is 23.0 Å². The second kappa shape index (κ2) is 4.24. The third-order valence-corrected chi connectivity index (χ3v) is 4.40. The van der Waals surface area contributed by atoms with Crippen LogP contribution in [0.3, 0.4) is 0 Å². The highest BCUT2D eigenvalue weighted by Gasteiger charge is 2.17. The number of aldehydes is 1. The third-order valence-electron chi connectivity index (χ3n) is 2.12. The summed E-state index contributed by atoms with van der Waals surface area (Å²) in [7, 11) is 0. The monoisotopic (exact) mass is 213 g/mol. The molecule has 1 aromatic rings. The molecule has 0 aromatic carbocycles. The molecule has 0 spiro atoms. The zero-order chi connectivity index (χ0) is 9.10. The van der Waals surface area contributed by atoms with E-state index in [1.807, 2.05) is 17.1 Å². The topological polar surface area (TPSA) is 30.0 Å². The molecular formula is C9H11NOS2. The maximum absolute atomic E-state index is 10.4. The predicted octanol–water partition coefficient (Wildman–Crippen LogP) is 2.39. The lowest BCUT2D eigenvalue weighted by molar-refractivity contribution is 0.111. The fourth-order valence-electron chi connectivity index (χ4n) is 1.47. The van der Waals surface area contributed by atoms with Crippen LogP contribution in [0.25, 0.3) is 0 Å². The van der Waals surface area contributed by atoms with E-state index in [2.05, 4.69) is 4.98 Å². The molecule has 1 unspecified atom stereocenters. The number of hydrogen-bond donors (Lipinski definition) is 0. The van der Waals surface area contributed by atoms with Crippen molar-refractivity contribution in [3.63, 3.8) is 0 Å². The first-order valence-electron chi connectivity index (χ1n) is 4.39. The lowest BCUT2D eigenvalue weighted by atomic mass is 10.2. The molecule has 1 aliphatic heterocycles. The highest BCUT2D eigenvalue weighted by Crippen LogP contribution is 2.29. The summed E-state index contributed by atoms with van der Waals surface area (Å²) in [6.07, 6.45) is 4.51. The Morgan fingerprint density at radius 2 is 2.62 bits per heavy atom. The molecule has 0 N–H and O–H groups in total. The largest absolute Gasteiger partial charge is 0.296 e. The van der Waals surface area contributed by atoms with Crippen LogP contribution in [0.5, 0.6) is 0 Å². The summed E-state index contributed by atoms with van der Waals surface area (Å²) in [5.41, 5.74) is 0.586. The van der Waals surface area contributed by atoms with Gasteiger partial charge in [-0.25, -0.2) is 4.98 Å². The van der Waals surface area contributed by atoms with Gasteiger partial charge in [0.25, 0.3) is 0 Å². The number of carbonyl (C=O) groups excluding carboxylic acids is 1. The van der Waals surface area contributed by atoms with Gasteiger partial charge < -0.3 is 0 Å². The van der Waals surface area contributed by atoms with Crippen molar-refractivity contribution in [1.29, 1.82) is 0 Å². The van der Waals surface area contributed by atoms with Crippen molar-refractivity contribution in [1.82, 2.24) is 4.98 Å². The van der Waals surface area contributed by atoms with E-state index in [9.17, 15) is 4.79 Å². The van der Waals surface area contributed by atoms with Crippen LogP contribution in [0.1, 0.15) is 28.3 Å². The third kappa shape index (κ3) is 2.31. The van der Waals surface area contributed by atoms with E-state index >= 15 is 0 Å². The number of hydrogen-bond acceptors (Lipinski definition) is 4. The van der Waals surface area contributed by atoms with Gasteiger partial charge in [-0.2, -0.15) is 11.8 Å². The Balaban J connectivity index is 1.96. The van der Waals surface area contributed by atoms with E-state index in [0.29, 0.717) is 5.69 Å². The molecule has 1 fully saturated rings. The standard InChI is InChI=1S/C9H11NOS2/c11-5-7-6-13-9(10-7)4-8-2-1-3-12-8/h5-6,8H,1-4H2. The van der Waals surface area contributed by atoms with Crippen molar-refractivity contribution in [2.45, 2.75) is 24.5 Å². The Morgan fingerprint density at radius 3 is 3.23 bits per heavy atom. The van der Waals surface area contributed by atoms with Crippen LogP contribution in [0, 0.1) is 0 Å². The average molecular weight is 213 g/mol. The van der Waals surface area contributed by atoms with E-state index < -0.39 is 0 Å². The fourth-order valence-corrected chi connectivity index (χ4v) is 3.67. The number of thioether (sulfide) groups is 1. The van der Waals surface area contributed by atoms with E-state index in [1.165, 1.54) is 18.6 Å². The molecule has 1 aromatic heterocycles. The lowest BCUT2D eigenvalue weighted by Gasteiger charge is -2.03. The molecule has 1 atom stereocenters. The molecule has 1 saturated heterocycles. The van der Waals surface area contributed by atoms with Crippen LogP contribution >= 0.6 is 23.1 Å². The average Bonchev–Trinajstić information content (AvgIpc) is 2.76. The zero-order valence-electron chi connectivity index (χ0n) is 7.23. The number of thiazole rings is 1. The van der Waals surface area contributed by atoms with Gasteiger partial charge in [0.2, 0.25) is 0 Å². The molecule has 4 heteroatoms. The number of rotatable bonds is 3. The van der Waals surface area contributed by atoms with Gasteiger partial charge >= 0.3 is 0 Å². The van der Waals surface area contributed by atoms with Gasteiger partial charge in [-0.1, -0.05) is 0 Å². The Bertz CT molecular complexity index is 292. The first kappa shape index (κ1) is 9.21. The fraction of sp³-hybridized carbons (Fsp3) is 0.556. The molecule has 2 rings (SSSR count). The Kier molecular flexibility index (Phi) is 3.01. The van der Waals surface area contributed by atoms with Gasteiger partial charge in [-0.15, -0.1) is 11.3 Å². The second-order valence-electron chi connectivity index (χ2n) is 3.12. The molecule has 2 nitrogen and oxygen atoms in total. The summed E-state index contributed by atoms with van der Waals surface area (Å²) < 4.78 is 0. The smallest absolute Gasteiger partial charge is 0.169 e. The molecule has 0 aliphatic carbocycles. The van der Waals surface area contributed by atoms with Crippen LogP contribution in [0.2, 0.25) is 0 Å². The van der Waals surface area contributed by atoms with E-state index in [-0.39, 0.29) is 0 Å². The number of aromatic nitrogens is 1. The van der Waals surface area contributed by atoms with Crippen molar-refractivity contribution in [2.75, 3.05) is 5.75 Å². The zero-order valence-corrected chi connectivity index (χ0v) is 8.87. The van der Waals surface area contributed by atoms with Crippen molar-refractivity contribution >= 4 is 29.4 Å².